The number of piperazine rings is 1. The molecule has 36 heavy (non-hydrogen) atoms. The summed E-state index contributed by atoms with van der Waals surface area (Å²) in [5.74, 6) is 1.30. The zero-order chi connectivity index (χ0) is 25.7. The van der Waals surface area contributed by atoms with Crippen molar-refractivity contribution in [3.8, 4) is 11.8 Å². The van der Waals surface area contributed by atoms with Gasteiger partial charge in [-0.15, -0.1) is 10.2 Å². The molecular weight excluding hydrogens is 476 g/mol. The van der Waals surface area contributed by atoms with Gasteiger partial charge in [-0.05, 0) is 76.8 Å². The third kappa shape index (κ3) is 6.26. The van der Waals surface area contributed by atoms with Crippen molar-refractivity contribution < 1.29 is 9.53 Å². The highest BCUT2D eigenvalue weighted by atomic mass is 35.5. The maximum atomic E-state index is 12.8. The fourth-order valence-electron chi connectivity index (χ4n) is 5.15. The van der Waals surface area contributed by atoms with E-state index in [0.717, 1.165) is 57.6 Å². The molecule has 0 bridgehead atoms. The van der Waals surface area contributed by atoms with Crippen LogP contribution in [-0.2, 0) is 0 Å². The van der Waals surface area contributed by atoms with Gasteiger partial charge in [0, 0.05) is 37.3 Å². The zero-order valence-electron chi connectivity index (χ0n) is 21.3. The molecule has 4 rings (SSSR count). The van der Waals surface area contributed by atoms with Gasteiger partial charge in [0.05, 0.1) is 16.7 Å². The number of carbonyl (C=O) groups is 1. The van der Waals surface area contributed by atoms with Gasteiger partial charge in [0.2, 0.25) is 0 Å². The molecule has 0 unspecified atom stereocenters. The van der Waals surface area contributed by atoms with Gasteiger partial charge in [0.15, 0.2) is 11.5 Å². The lowest BCUT2D eigenvalue weighted by Crippen LogP contribution is -2.56. The molecule has 1 aliphatic heterocycles. The van der Waals surface area contributed by atoms with Crippen LogP contribution in [0.1, 0.15) is 68.9 Å². The standard InChI is InChI=1S/C27H35ClN6O2/c1-4-13-33-16-19(3)34(17-18(33)2)26-12-11-25(31-32-26)27(35)30-21-6-9-22(10-7-21)36-23-8-5-20(15-29)24(28)14-23/h5,8,11-12,14,18-19,21-22H,4,6-7,9-10,13,16-17H2,1-3H3,(H,30,35)/t18-,19+,21?,22?/m1/s1. The topological polar surface area (TPSA) is 94.4 Å². The number of hydrogen-bond donors (Lipinski definition) is 1. The Morgan fingerprint density at radius 1 is 1.14 bits per heavy atom. The number of rotatable bonds is 7. The molecule has 0 radical (unpaired) electrons. The first-order chi connectivity index (χ1) is 17.4. The average Bonchev–Trinajstić information content (AvgIpc) is 2.87. The molecular formula is C27H35ClN6O2. The summed E-state index contributed by atoms with van der Waals surface area (Å²) in [7, 11) is 0. The van der Waals surface area contributed by atoms with E-state index in [9.17, 15) is 4.79 Å². The van der Waals surface area contributed by atoms with Gasteiger partial charge in [-0.2, -0.15) is 5.26 Å². The van der Waals surface area contributed by atoms with Gasteiger partial charge in [-0.25, -0.2) is 0 Å². The zero-order valence-corrected chi connectivity index (χ0v) is 22.0. The summed E-state index contributed by atoms with van der Waals surface area (Å²) in [5.41, 5.74) is 0.778. The molecule has 2 aromatic rings. The Labute approximate surface area is 218 Å². The van der Waals surface area contributed by atoms with E-state index in [0.29, 0.717) is 34.1 Å². The molecule has 2 heterocycles. The maximum absolute atomic E-state index is 12.8. The number of aromatic nitrogens is 2. The Morgan fingerprint density at radius 2 is 1.92 bits per heavy atom. The second kappa shape index (κ2) is 11.9. The van der Waals surface area contributed by atoms with Crippen molar-refractivity contribution in [3.05, 3.63) is 46.6 Å². The molecule has 9 heteroatoms. The van der Waals surface area contributed by atoms with E-state index in [-0.39, 0.29) is 18.1 Å². The molecule has 1 aliphatic carbocycles. The minimum absolute atomic E-state index is 0.0587. The average molecular weight is 511 g/mol. The number of hydrogen-bond acceptors (Lipinski definition) is 7. The summed E-state index contributed by atoms with van der Waals surface area (Å²) in [6.07, 6.45) is 4.51. The van der Waals surface area contributed by atoms with Gasteiger partial charge < -0.3 is 15.0 Å². The first kappa shape index (κ1) is 26.2. The third-order valence-electron chi connectivity index (χ3n) is 7.18. The van der Waals surface area contributed by atoms with Crippen LogP contribution in [0.15, 0.2) is 30.3 Å². The number of anilines is 1. The van der Waals surface area contributed by atoms with Crippen LogP contribution in [0.2, 0.25) is 5.02 Å². The number of carbonyl (C=O) groups excluding carboxylic acids is 1. The van der Waals surface area contributed by atoms with Crippen molar-refractivity contribution in [2.24, 2.45) is 0 Å². The maximum Gasteiger partial charge on any atom is 0.272 e. The summed E-state index contributed by atoms with van der Waals surface area (Å²) in [6.45, 7) is 9.70. The molecule has 1 saturated carbocycles. The van der Waals surface area contributed by atoms with E-state index in [1.165, 1.54) is 0 Å². The van der Waals surface area contributed by atoms with Crippen molar-refractivity contribution in [2.45, 2.75) is 77.1 Å². The van der Waals surface area contributed by atoms with Crippen LogP contribution in [0.3, 0.4) is 0 Å². The van der Waals surface area contributed by atoms with Crippen LogP contribution < -0.4 is 15.0 Å². The highest BCUT2D eigenvalue weighted by molar-refractivity contribution is 6.31. The first-order valence-corrected chi connectivity index (χ1v) is 13.3. The lowest BCUT2D eigenvalue weighted by Gasteiger charge is -2.44. The van der Waals surface area contributed by atoms with Crippen molar-refractivity contribution in [2.75, 3.05) is 24.5 Å². The second-order valence-corrected chi connectivity index (χ2v) is 10.3. The minimum Gasteiger partial charge on any atom is -0.490 e. The molecule has 1 aromatic carbocycles. The Kier molecular flexibility index (Phi) is 8.65. The summed E-state index contributed by atoms with van der Waals surface area (Å²) >= 11 is 6.10. The van der Waals surface area contributed by atoms with Crippen LogP contribution >= 0.6 is 11.6 Å². The predicted molar refractivity (Wildman–Crippen MR) is 140 cm³/mol. The highest BCUT2D eigenvalue weighted by Gasteiger charge is 2.30. The number of halogens is 1. The van der Waals surface area contributed by atoms with E-state index in [4.69, 9.17) is 21.6 Å². The van der Waals surface area contributed by atoms with Crippen molar-refractivity contribution >= 4 is 23.3 Å². The highest BCUT2D eigenvalue weighted by Crippen LogP contribution is 2.27. The Balaban J connectivity index is 1.26. The predicted octanol–water partition coefficient (Wildman–Crippen LogP) is 4.43. The Morgan fingerprint density at radius 3 is 2.56 bits per heavy atom. The van der Waals surface area contributed by atoms with Gasteiger partial charge in [-0.3, -0.25) is 9.69 Å². The van der Waals surface area contributed by atoms with Crippen molar-refractivity contribution in [1.29, 1.82) is 5.26 Å². The van der Waals surface area contributed by atoms with Crippen LogP contribution in [-0.4, -0.2) is 64.9 Å². The number of amides is 1. The SMILES string of the molecule is CCCN1C[C@H](C)N(c2ccc(C(=O)NC3CCC(Oc4ccc(C#N)c(Cl)c4)CC3)nn2)C[C@H]1C. The number of ether oxygens (including phenoxy) is 1. The number of nitriles is 1. The van der Waals surface area contributed by atoms with Crippen LogP contribution in [0.5, 0.6) is 5.75 Å². The number of nitrogens with one attached hydrogen (secondary N) is 1. The molecule has 1 aromatic heterocycles. The monoisotopic (exact) mass is 510 g/mol. The molecule has 1 saturated heterocycles. The van der Waals surface area contributed by atoms with E-state index >= 15 is 0 Å². The fraction of sp³-hybridized carbons (Fsp3) is 0.556. The molecule has 1 amide bonds. The minimum atomic E-state index is -0.188. The fourth-order valence-corrected chi connectivity index (χ4v) is 5.37. The molecule has 0 spiro atoms. The normalized spacial score (nSPS) is 24.7. The largest absolute Gasteiger partial charge is 0.490 e. The second-order valence-electron chi connectivity index (χ2n) is 9.94. The summed E-state index contributed by atoms with van der Waals surface area (Å²) in [6, 6.07) is 11.7. The van der Waals surface area contributed by atoms with E-state index in [1.54, 1.807) is 24.3 Å². The lowest BCUT2D eigenvalue weighted by atomic mass is 9.93. The lowest BCUT2D eigenvalue weighted by molar-refractivity contribution is 0.0888. The molecule has 2 atom stereocenters. The van der Waals surface area contributed by atoms with Crippen LogP contribution in [0.4, 0.5) is 5.82 Å². The van der Waals surface area contributed by atoms with Crippen LogP contribution in [0.25, 0.3) is 0 Å². The summed E-state index contributed by atoms with van der Waals surface area (Å²) in [4.78, 5) is 17.6. The van der Waals surface area contributed by atoms with E-state index in [2.05, 4.69) is 52.2 Å². The van der Waals surface area contributed by atoms with Crippen molar-refractivity contribution in [3.63, 3.8) is 0 Å². The Bertz CT molecular complexity index is 1080. The molecule has 1 N–H and O–H groups in total. The van der Waals surface area contributed by atoms with E-state index in [1.807, 2.05) is 6.07 Å². The Hall–Kier alpha value is -2.89. The molecule has 2 aliphatic rings. The van der Waals surface area contributed by atoms with Gasteiger partial charge >= 0.3 is 0 Å². The molecule has 192 valence electrons. The third-order valence-corrected chi connectivity index (χ3v) is 7.49. The van der Waals surface area contributed by atoms with E-state index < -0.39 is 0 Å². The van der Waals surface area contributed by atoms with Gasteiger partial charge in [-0.1, -0.05) is 18.5 Å². The summed E-state index contributed by atoms with van der Waals surface area (Å²) in [5, 5.41) is 21.2. The number of benzene rings is 1. The van der Waals surface area contributed by atoms with Gasteiger partial charge in [0.25, 0.3) is 5.91 Å². The molecule has 8 nitrogen and oxygen atoms in total. The van der Waals surface area contributed by atoms with Crippen molar-refractivity contribution in [1.82, 2.24) is 20.4 Å². The number of nitrogens with zero attached hydrogens (tertiary/aromatic N) is 5. The smallest absolute Gasteiger partial charge is 0.272 e. The molecule has 2 fully saturated rings. The summed E-state index contributed by atoms with van der Waals surface area (Å²) < 4.78 is 6.04. The van der Waals surface area contributed by atoms with Gasteiger partial charge in [0.1, 0.15) is 11.8 Å². The quantitative estimate of drug-likeness (QED) is 0.588. The van der Waals surface area contributed by atoms with Crippen LogP contribution in [0, 0.1) is 11.3 Å². The first-order valence-electron chi connectivity index (χ1n) is 12.9.